The third-order valence-electron chi connectivity index (χ3n) is 1.11. The first-order valence-corrected chi connectivity index (χ1v) is 3.36. The molecule has 0 saturated heterocycles. The molecule has 50 valence electrons. The Morgan fingerprint density at radius 1 is 1.56 bits per heavy atom. The second-order valence-electron chi connectivity index (χ2n) is 1.74. The van der Waals surface area contributed by atoms with Crippen LogP contribution in [0.15, 0.2) is 0 Å². The maximum absolute atomic E-state index is 4.88. The van der Waals surface area contributed by atoms with Crippen LogP contribution in [0.1, 0.15) is 10.6 Å². The van der Waals surface area contributed by atoms with E-state index in [1.807, 2.05) is 13.8 Å². The van der Waals surface area contributed by atoms with Crippen LogP contribution in [-0.2, 0) is 0 Å². The molecule has 1 aromatic heterocycles. The standard InChI is InChI=1S/C5H8N2OS/c1-3-4(2)9-5(7-3)8-6/h6H2,1-2H3. The van der Waals surface area contributed by atoms with Crippen LogP contribution in [0.4, 0.5) is 0 Å². The molecule has 0 aromatic carbocycles. The molecule has 1 rings (SSSR count). The van der Waals surface area contributed by atoms with Crippen LogP contribution in [0.3, 0.4) is 0 Å². The summed E-state index contributed by atoms with van der Waals surface area (Å²) in [6.45, 7) is 3.91. The first kappa shape index (κ1) is 6.51. The zero-order valence-electron chi connectivity index (χ0n) is 5.34. The van der Waals surface area contributed by atoms with E-state index in [-0.39, 0.29) is 0 Å². The van der Waals surface area contributed by atoms with Gasteiger partial charge >= 0.3 is 0 Å². The van der Waals surface area contributed by atoms with Crippen LogP contribution < -0.4 is 10.7 Å². The first-order chi connectivity index (χ1) is 4.24. The third kappa shape index (κ3) is 1.20. The molecule has 1 heterocycles. The summed E-state index contributed by atoms with van der Waals surface area (Å²) in [4.78, 5) is 9.57. The predicted octanol–water partition coefficient (Wildman–Crippen LogP) is 1.01. The minimum absolute atomic E-state index is 0.532. The number of nitrogens with two attached hydrogens (primary N) is 1. The molecule has 0 aliphatic rings. The van der Waals surface area contributed by atoms with E-state index in [0.717, 1.165) is 10.6 Å². The summed E-state index contributed by atoms with van der Waals surface area (Å²) in [5.41, 5.74) is 0.987. The monoisotopic (exact) mass is 144 g/mol. The van der Waals surface area contributed by atoms with E-state index in [1.54, 1.807) is 0 Å². The number of rotatable bonds is 1. The highest BCUT2D eigenvalue weighted by atomic mass is 32.1. The van der Waals surface area contributed by atoms with Gasteiger partial charge in [0.05, 0.1) is 5.69 Å². The Kier molecular flexibility index (Phi) is 1.68. The third-order valence-corrected chi connectivity index (χ3v) is 2.07. The number of aromatic nitrogens is 1. The minimum Gasteiger partial charge on any atom is -0.380 e. The van der Waals surface area contributed by atoms with Crippen molar-refractivity contribution >= 4 is 11.3 Å². The molecule has 0 atom stereocenters. The lowest BCUT2D eigenvalue weighted by molar-refractivity contribution is 0.332. The zero-order valence-corrected chi connectivity index (χ0v) is 6.16. The minimum atomic E-state index is 0.532. The highest BCUT2D eigenvalue weighted by Crippen LogP contribution is 2.21. The number of hydrogen-bond donors (Lipinski definition) is 1. The molecule has 0 bridgehead atoms. The summed E-state index contributed by atoms with van der Waals surface area (Å²) in [7, 11) is 0. The Balaban J connectivity index is 2.98. The lowest BCUT2D eigenvalue weighted by Crippen LogP contribution is -2.00. The van der Waals surface area contributed by atoms with Gasteiger partial charge in [0.1, 0.15) is 0 Å². The number of nitrogens with zero attached hydrogens (tertiary/aromatic N) is 1. The summed E-state index contributed by atoms with van der Waals surface area (Å²) < 4.78 is 0. The van der Waals surface area contributed by atoms with Crippen LogP contribution >= 0.6 is 11.3 Å². The number of hydrogen-bond acceptors (Lipinski definition) is 4. The van der Waals surface area contributed by atoms with Crippen molar-refractivity contribution in [2.24, 2.45) is 5.90 Å². The maximum atomic E-state index is 4.88. The lowest BCUT2D eigenvalue weighted by Gasteiger charge is -1.84. The Bertz CT molecular complexity index is 189. The van der Waals surface area contributed by atoms with Crippen LogP contribution in [-0.4, -0.2) is 4.98 Å². The molecule has 0 aliphatic heterocycles. The van der Waals surface area contributed by atoms with Crippen molar-refractivity contribution in [2.45, 2.75) is 13.8 Å². The SMILES string of the molecule is Cc1nc(ON)sc1C. The van der Waals surface area contributed by atoms with Crippen molar-refractivity contribution in [3.05, 3.63) is 10.6 Å². The number of aryl methyl sites for hydroxylation is 2. The summed E-state index contributed by atoms with van der Waals surface area (Å²) in [6.07, 6.45) is 0. The van der Waals surface area contributed by atoms with Crippen LogP contribution in [0.5, 0.6) is 5.19 Å². The molecule has 0 radical (unpaired) electrons. The fourth-order valence-electron chi connectivity index (χ4n) is 0.494. The van der Waals surface area contributed by atoms with Crippen LogP contribution in [0.2, 0.25) is 0 Å². The van der Waals surface area contributed by atoms with Crippen molar-refractivity contribution in [1.82, 2.24) is 4.98 Å². The first-order valence-electron chi connectivity index (χ1n) is 2.55. The average Bonchev–Trinajstić information content (AvgIpc) is 2.13. The summed E-state index contributed by atoms with van der Waals surface area (Å²) in [5, 5.41) is 0.532. The van der Waals surface area contributed by atoms with Gasteiger partial charge in [0.2, 0.25) is 0 Å². The normalized spacial score (nSPS) is 9.67. The fraction of sp³-hybridized carbons (Fsp3) is 0.400. The molecule has 2 N–H and O–H groups in total. The predicted molar refractivity (Wildman–Crippen MR) is 36.4 cm³/mol. The smallest absolute Gasteiger partial charge is 0.294 e. The molecule has 0 fully saturated rings. The van der Waals surface area contributed by atoms with Crippen LogP contribution in [0, 0.1) is 13.8 Å². The fourth-order valence-corrected chi connectivity index (χ4v) is 1.18. The molecule has 0 spiro atoms. The van der Waals surface area contributed by atoms with Gasteiger partial charge in [0, 0.05) is 4.88 Å². The van der Waals surface area contributed by atoms with Gasteiger partial charge in [-0.2, -0.15) is 5.90 Å². The van der Waals surface area contributed by atoms with Crippen molar-refractivity contribution in [1.29, 1.82) is 0 Å². The van der Waals surface area contributed by atoms with Crippen molar-refractivity contribution < 1.29 is 4.84 Å². The number of thiazole rings is 1. The zero-order chi connectivity index (χ0) is 6.85. The average molecular weight is 144 g/mol. The Labute approximate surface area is 57.4 Å². The van der Waals surface area contributed by atoms with Gasteiger partial charge in [-0.3, -0.25) is 0 Å². The maximum Gasteiger partial charge on any atom is 0.294 e. The molecule has 4 heteroatoms. The topological polar surface area (TPSA) is 48.1 Å². The van der Waals surface area contributed by atoms with E-state index in [1.165, 1.54) is 11.3 Å². The molecule has 0 unspecified atom stereocenters. The van der Waals surface area contributed by atoms with E-state index in [0.29, 0.717) is 5.19 Å². The van der Waals surface area contributed by atoms with Gasteiger partial charge in [-0.15, -0.1) is 0 Å². The summed E-state index contributed by atoms with van der Waals surface area (Å²) in [6, 6.07) is 0. The molecule has 0 saturated carbocycles. The Morgan fingerprint density at radius 2 is 2.22 bits per heavy atom. The molecular formula is C5H8N2OS. The van der Waals surface area contributed by atoms with Crippen molar-refractivity contribution in [2.75, 3.05) is 0 Å². The Morgan fingerprint density at radius 3 is 2.44 bits per heavy atom. The highest BCUT2D eigenvalue weighted by molar-refractivity contribution is 7.13. The van der Waals surface area contributed by atoms with Crippen LogP contribution in [0.25, 0.3) is 0 Å². The largest absolute Gasteiger partial charge is 0.380 e. The summed E-state index contributed by atoms with van der Waals surface area (Å²) >= 11 is 1.46. The molecule has 0 aliphatic carbocycles. The quantitative estimate of drug-likeness (QED) is 0.598. The highest BCUT2D eigenvalue weighted by Gasteiger charge is 2.01. The lowest BCUT2D eigenvalue weighted by atomic mass is 10.4. The molecule has 1 aromatic rings. The van der Waals surface area contributed by atoms with E-state index < -0.39 is 0 Å². The van der Waals surface area contributed by atoms with Crippen molar-refractivity contribution in [3.63, 3.8) is 0 Å². The van der Waals surface area contributed by atoms with E-state index >= 15 is 0 Å². The summed E-state index contributed by atoms with van der Waals surface area (Å²) in [5.74, 6) is 4.88. The van der Waals surface area contributed by atoms with Gasteiger partial charge < -0.3 is 4.84 Å². The molecule has 0 amide bonds. The second kappa shape index (κ2) is 2.33. The van der Waals surface area contributed by atoms with E-state index in [4.69, 9.17) is 5.90 Å². The van der Waals surface area contributed by atoms with E-state index in [2.05, 4.69) is 9.82 Å². The van der Waals surface area contributed by atoms with Gasteiger partial charge in [-0.05, 0) is 13.8 Å². The van der Waals surface area contributed by atoms with Gasteiger partial charge in [0.25, 0.3) is 5.19 Å². The molecule has 9 heavy (non-hydrogen) atoms. The van der Waals surface area contributed by atoms with Gasteiger partial charge in [-0.1, -0.05) is 11.3 Å². The van der Waals surface area contributed by atoms with Crippen molar-refractivity contribution in [3.8, 4) is 5.19 Å². The van der Waals surface area contributed by atoms with Gasteiger partial charge in [-0.25, -0.2) is 4.98 Å². The van der Waals surface area contributed by atoms with E-state index in [9.17, 15) is 0 Å². The molecule has 3 nitrogen and oxygen atoms in total. The molecular weight excluding hydrogens is 136 g/mol. The second-order valence-corrected chi connectivity index (χ2v) is 2.90. The Hall–Kier alpha value is -0.610. The van der Waals surface area contributed by atoms with Gasteiger partial charge in [0.15, 0.2) is 0 Å².